The number of carbonyl (C=O) groups is 2. The number of amides is 2. The van der Waals surface area contributed by atoms with Gasteiger partial charge >= 0.3 is 0 Å². The third-order valence-electron chi connectivity index (χ3n) is 6.05. The highest BCUT2D eigenvalue weighted by Gasteiger charge is 2.22. The lowest BCUT2D eigenvalue weighted by Gasteiger charge is -2.29. The van der Waals surface area contributed by atoms with Crippen LogP contribution in [-0.4, -0.2) is 37.9 Å². The molecule has 3 aromatic carbocycles. The van der Waals surface area contributed by atoms with Crippen molar-refractivity contribution in [3.8, 4) is 0 Å². The minimum absolute atomic E-state index is 0.0293. The van der Waals surface area contributed by atoms with Crippen molar-refractivity contribution < 1.29 is 18.0 Å². The van der Waals surface area contributed by atoms with Gasteiger partial charge in [0.05, 0.1) is 23.1 Å². The minimum Gasteiger partial charge on any atom is -0.335 e. The maximum atomic E-state index is 13.2. The molecular weight excluding hydrogens is 496 g/mol. The van der Waals surface area contributed by atoms with Gasteiger partial charge in [-0.25, -0.2) is 8.42 Å². The number of halogens is 1. The van der Waals surface area contributed by atoms with E-state index in [1.165, 1.54) is 12.1 Å². The minimum atomic E-state index is -3.27. The lowest BCUT2D eigenvalue weighted by molar-refractivity contribution is -0.115. The average molecular weight is 527 g/mol. The van der Waals surface area contributed by atoms with Crippen LogP contribution in [0.3, 0.4) is 0 Å². The van der Waals surface area contributed by atoms with Crippen LogP contribution < -0.4 is 5.32 Å². The molecule has 36 heavy (non-hydrogen) atoms. The molecule has 1 N–H and O–H groups in total. The second-order valence-electron chi connectivity index (χ2n) is 8.62. The van der Waals surface area contributed by atoms with Gasteiger partial charge in [-0.1, -0.05) is 56.1 Å². The number of sulfone groups is 1. The van der Waals surface area contributed by atoms with Crippen molar-refractivity contribution in [2.45, 2.75) is 44.0 Å². The van der Waals surface area contributed by atoms with E-state index in [2.05, 4.69) is 12.2 Å². The highest BCUT2D eigenvalue weighted by Crippen LogP contribution is 2.27. The van der Waals surface area contributed by atoms with Gasteiger partial charge in [0, 0.05) is 23.3 Å². The third-order valence-corrected chi connectivity index (χ3v) is 8.05. The zero-order valence-corrected chi connectivity index (χ0v) is 22.3. The van der Waals surface area contributed by atoms with E-state index in [1.54, 1.807) is 55.3 Å². The van der Waals surface area contributed by atoms with Crippen molar-refractivity contribution in [2.24, 2.45) is 0 Å². The fourth-order valence-corrected chi connectivity index (χ4v) is 4.97. The molecule has 0 aliphatic rings. The third kappa shape index (κ3) is 6.95. The molecule has 1 atom stereocenters. The van der Waals surface area contributed by atoms with Gasteiger partial charge in [0.25, 0.3) is 5.91 Å². The average Bonchev–Trinajstić information content (AvgIpc) is 2.88. The second kappa shape index (κ2) is 12.2. The van der Waals surface area contributed by atoms with Crippen molar-refractivity contribution in [2.75, 3.05) is 18.1 Å². The number of anilines is 1. The van der Waals surface area contributed by atoms with Crippen molar-refractivity contribution in [1.82, 2.24) is 4.90 Å². The Bertz CT molecular complexity index is 1290. The largest absolute Gasteiger partial charge is 0.335 e. The normalized spacial score (nSPS) is 12.1. The number of hydrogen-bond donors (Lipinski definition) is 1. The van der Waals surface area contributed by atoms with Crippen LogP contribution in [0, 0.1) is 0 Å². The topological polar surface area (TPSA) is 83.6 Å². The highest BCUT2D eigenvalue weighted by molar-refractivity contribution is 7.91. The van der Waals surface area contributed by atoms with E-state index in [0.717, 1.165) is 18.4 Å². The summed E-state index contributed by atoms with van der Waals surface area (Å²) in [5.41, 5.74) is 2.84. The molecule has 0 fully saturated rings. The molecule has 6 nitrogen and oxygen atoms in total. The van der Waals surface area contributed by atoms with Gasteiger partial charge in [-0.2, -0.15) is 0 Å². The molecule has 0 radical (unpaired) electrons. The number of nitrogens with zero attached hydrogens (tertiary/aromatic N) is 1. The molecule has 3 rings (SSSR count). The molecule has 3 aromatic rings. The van der Waals surface area contributed by atoms with Crippen LogP contribution in [0.4, 0.5) is 5.69 Å². The lowest BCUT2D eigenvalue weighted by atomic mass is 10.00. The zero-order valence-electron chi connectivity index (χ0n) is 20.7. The SMILES string of the molecule is CCCC(c1ccc(Cl)cc1)N(C)C(=O)c1ccc(NC(=O)Cc2ccc(S(=O)(=O)CC)cc2)cc1. The maximum absolute atomic E-state index is 13.2. The van der Waals surface area contributed by atoms with Gasteiger partial charge in [-0.15, -0.1) is 0 Å². The molecule has 0 aromatic heterocycles. The van der Waals surface area contributed by atoms with E-state index in [0.29, 0.717) is 21.8 Å². The maximum Gasteiger partial charge on any atom is 0.254 e. The molecule has 0 bridgehead atoms. The Morgan fingerprint density at radius 1 is 0.917 bits per heavy atom. The van der Waals surface area contributed by atoms with Crippen LogP contribution in [0.15, 0.2) is 77.7 Å². The van der Waals surface area contributed by atoms with Crippen molar-refractivity contribution >= 4 is 38.9 Å². The first-order chi connectivity index (χ1) is 17.1. The van der Waals surface area contributed by atoms with E-state index < -0.39 is 9.84 Å². The van der Waals surface area contributed by atoms with Gasteiger partial charge in [0.2, 0.25) is 5.91 Å². The monoisotopic (exact) mass is 526 g/mol. The Morgan fingerprint density at radius 2 is 1.53 bits per heavy atom. The standard InChI is InChI=1S/C28H31ClN2O4S/c1-4-6-26(21-9-13-23(29)14-10-21)31(3)28(33)22-11-15-24(16-12-22)30-27(32)19-20-7-17-25(18-8-20)36(34,35)5-2/h7-18,26H,4-6,19H2,1-3H3,(H,30,32). The van der Waals surface area contributed by atoms with Crippen molar-refractivity contribution in [1.29, 1.82) is 0 Å². The van der Waals surface area contributed by atoms with Crippen LogP contribution >= 0.6 is 11.6 Å². The van der Waals surface area contributed by atoms with Gasteiger partial charge in [0.15, 0.2) is 9.84 Å². The van der Waals surface area contributed by atoms with Crippen LogP contribution in [0.1, 0.15) is 54.2 Å². The Labute approximate surface area is 218 Å². The summed E-state index contributed by atoms with van der Waals surface area (Å²) in [5, 5.41) is 3.48. The molecule has 0 saturated heterocycles. The Hall–Kier alpha value is -3.16. The summed E-state index contributed by atoms with van der Waals surface area (Å²) in [6, 6.07) is 20.6. The Kier molecular flexibility index (Phi) is 9.29. The van der Waals surface area contributed by atoms with Gasteiger partial charge in [-0.05, 0) is 66.1 Å². The molecule has 0 saturated carbocycles. The number of nitrogens with one attached hydrogen (secondary N) is 1. The van der Waals surface area contributed by atoms with Gasteiger partial charge < -0.3 is 10.2 Å². The molecule has 0 aliphatic carbocycles. The summed E-state index contributed by atoms with van der Waals surface area (Å²) < 4.78 is 23.9. The molecule has 0 heterocycles. The van der Waals surface area contributed by atoms with Crippen LogP contribution in [-0.2, 0) is 21.1 Å². The number of hydrogen-bond acceptors (Lipinski definition) is 4. The summed E-state index contributed by atoms with van der Waals surface area (Å²) in [5.74, 6) is -0.312. The molecule has 1 unspecified atom stereocenters. The summed E-state index contributed by atoms with van der Waals surface area (Å²) in [7, 11) is -1.48. The first kappa shape index (κ1) is 27.4. The van der Waals surface area contributed by atoms with Gasteiger partial charge in [-0.3, -0.25) is 9.59 Å². The number of carbonyl (C=O) groups excluding carboxylic acids is 2. The molecule has 0 spiro atoms. The smallest absolute Gasteiger partial charge is 0.254 e. The number of benzene rings is 3. The molecule has 190 valence electrons. The zero-order chi connectivity index (χ0) is 26.3. The second-order valence-corrected chi connectivity index (χ2v) is 11.3. The predicted octanol–water partition coefficient (Wildman–Crippen LogP) is 5.93. The quantitative estimate of drug-likeness (QED) is 0.355. The van der Waals surface area contributed by atoms with Crippen molar-refractivity contribution in [3.05, 3.63) is 94.5 Å². The fraction of sp³-hybridized carbons (Fsp3) is 0.286. The van der Waals surface area contributed by atoms with E-state index in [4.69, 9.17) is 11.6 Å². The summed E-state index contributed by atoms with van der Waals surface area (Å²) in [6.07, 6.45) is 1.85. The van der Waals surface area contributed by atoms with E-state index in [1.807, 2.05) is 24.3 Å². The molecule has 0 aliphatic heterocycles. The summed E-state index contributed by atoms with van der Waals surface area (Å²) in [6.45, 7) is 3.68. The molecule has 2 amide bonds. The van der Waals surface area contributed by atoms with Gasteiger partial charge in [0.1, 0.15) is 0 Å². The fourth-order valence-electron chi connectivity index (χ4n) is 3.96. The van der Waals surface area contributed by atoms with Crippen LogP contribution in [0.5, 0.6) is 0 Å². The molecular formula is C28H31ClN2O4S. The predicted molar refractivity (Wildman–Crippen MR) is 144 cm³/mol. The van der Waals surface area contributed by atoms with Crippen LogP contribution in [0.25, 0.3) is 0 Å². The van der Waals surface area contributed by atoms with E-state index in [9.17, 15) is 18.0 Å². The Morgan fingerprint density at radius 3 is 2.08 bits per heavy atom. The Balaban J connectivity index is 1.63. The first-order valence-corrected chi connectivity index (χ1v) is 13.9. The highest BCUT2D eigenvalue weighted by atomic mass is 35.5. The van der Waals surface area contributed by atoms with E-state index >= 15 is 0 Å². The van der Waals surface area contributed by atoms with Crippen LogP contribution in [0.2, 0.25) is 5.02 Å². The first-order valence-electron chi connectivity index (χ1n) is 11.9. The summed E-state index contributed by atoms with van der Waals surface area (Å²) >= 11 is 6.02. The van der Waals surface area contributed by atoms with E-state index in [-0.39, 0.29) is 34.9 Å². The summed E-state index contributed by atoms with van der Waals surface area (Å²) in [4.78, 5) is 27.6. The lowest BCUT2D eigenvalue weighted by Crippen LogP contribution is -2.31. The number of rotatable bonds is 10. The molecule has 8 heteroatoms. The van der Waals surface area contributed by atoms with Crippen molar-refractivity contribution in [3.63, 3.8) is 0 Å².